The summed E-state index contributed by atoms with van der Waals surface area (Å²) >= 11 is 0. The molecule has 1 aromatic heterocycles. The first-order valence-corrected chi connectivity index (χ1v) is 4.62. The van der Waals surface area contributed by atoms with Gasteiger partial charge in [-0.25, -0.2) is 4.98 Å². The number of nitrogens with two attached hydrogens (primary N) is 1. The summed E-state index contributed by atoms with van der Waals surface area (Å²) in [5.41, 5.74) is 2.37. The van der Waals surface area contributed by atoms with Crippen LogP contribution < -0.4 is 10.8 Å². The molecule has 0 radical (unpaired) electrons. The lowest BCUT2D eigenvalue weighted by Crippen LogP contribution is -2.70. The van der Waals surface area contributed by atoms with Crippen molar-refractivity contribution >= 4 is 17.2 Å². The molecule has 4 nitrogen and oxygen atoms in total. The molecule has 1 aromatic carbocycles. The van der Waals surface area contributed by atoms with Crippen molar-refractivity contribution < 1.29 is 5.48 Å². The van der Waals surface area contributed by atoms with Crippen molar-refractivity contribution in [3.63, 3.8) is 0 Å². The zero-order valence-electron chi connectivity index (χ0n) is 8.05. The predicted molar refractivity (Wildman–Crippen MR) is 58.9 cm³/mol. The van der Waals surface area contributed by atoms with Gasteiger partial charge in [-0.1, -0.05) is 18.2 Å². The molecular weight excluding hydrogens is 190 g/mol. The largest absolute Gasteiger partial charge is 0.630 e. The van der Waals surface area contributed by atoms with Crippen molar-refractivity contribution in [3.8, 4) is 0 Å². The van der Waals surface area contributed by atoms with Crippen molar-refractivity contribution in [1.29, 1.82) is 0 Å². The Kier molecular flexibility index (Phi) is 2.92. The highest BCUT2D eigenvalue weighted by Gasteiger charge is 1.97. The Labute approximate surface area is 87.6 Å². The number of aromatic nitrogens is 1. The highest BCUT2D eigenvalue weighted by molar-refractivity contribution is 5.57. The minimum atomic E-state index is 0.614. The average molecular weight is 201 g/mol. The zero-order chi connectivity index (χ0) is 10.5. The number of nitrogens with one attached hydrogen (secondary N) is 1. The second-order valence-corrected chi connectivity index (χ2v) is 3.08. The van der Waals surface area contributed by atoms with Gasteiger partial charge in [-0.2, -0.15) is 0 Å². The smallest absolute Gasteiger partial charge is 0.136 e. The Balaban J connectivity index is 2.17. The summed E-state index contributed by atoms with van der Waals surface area (Å²) in [6, 6.07) is 13.1. The molecule has 0 saturated carbocycles. The molecule has 4 heteroatoms. The lowest BCUT2D eigenvalue weighted by atomic mass is 10.3. The highest BCUT2D eigenvalue weighted by Crippen LogP contribution is 2.14. The van der Waals surface area contributed by atoms with E-state index in [-0.39, 0.29) is 0 Å². The quantitative estimate of drug-likeness (QED) is 0.740. The lowest BCUT2D eigenvalue weighted by molar-refractivity contribution is -0.497. The van der Waals surface area contributed by atoms with E-state index in [9.17, 15) is 5.21 Å². The second-order valence-electron chi connectivity index (χ2n) is 3.08. The molecular formula is C11H11N3O. The Bertz CT molecular complexity index is 431. The number of nitrogens with zero attached hydrogens (tertiary/aromatic N) is 1. The van der Waals surface area contributed by atoms with Crippen molar-refractivity contribution in [3.05, 3.63) is 53.9 Å². The van der Waals surface area contributed by atoms with Crippen LogP contribution in [-0.4, -0.2) is 4.98 Å². The molecule has 2 aromatic rings. The van der Waals surface area contributed by atoms with Crippen LogP contribution in [0.5, 0.6) is 0 Å². The van der Waals surface area contributed by atoms with Gasteiger partial charge in [-0.15, -0.1) is 0 Å². The Morgan fingerprint density at radius 2 is 1.93 bits per heavy atom. The summed E-state index contributed by atoms with van der Waals surface area (Å²) in [5.74, 6) is 0.672. The number of anilines is 2. The van der Waals surface area contributed by atoms with Gasteiger partial charge < -0.3 is 16.0 Å². The van der Waals surface area contributed by atoms with E-state index in [1.165, 1.54) is 0 Å². The third-order valence-electron chi connectivity index (χ3n) is 1.97. The Morgan fingerprint density at radius 3 is 2.67 bits per heavy atom. The molecule has 2 rings (SSSR count). The monoisotopic (exact) mass is 201 g/mol. The molecule has 1 heterocycles. The Hall–Kier alpha value is -1.91. The van der Waals surface area contributed by atoms with E-state index >= 15 is 0 Å². The van der Waals surface area contributed by atoms with E-state index in [1.807, 2.05) is 30.3 Å². The summed E-state index contributed by atoms with van der Waals surface area (Å²) in [5, 5.41) is 13.7. The van der Waals surface area contributed by atoms with Gasteiger partial charge in [0.15, 0.2) is 0 Å². The van der Waals surface area contributed by atoms with E-state index in [4.69, 9.17) is 0 Å². The molecule has 0 aliphatic carbocycles. The fourth-order valence-electron chi connectivity index (χ4n) is 1.26. The molecule has 3 N–H and O–H groups in total. The third kappa shape index (κ3) is 2.52. The highest BCUT2D eigenvalue weighted by atomic mass is 16.5. The minimum absolute atomic E-state index is 0.614. The molecule has 0 saturated heterocycles. The number of pyridine rings is 1. The van der Waals surface area contributed by atoms with Crippen LogP contribution in [0.4, 0.5) is 17.2 Å². The lowest BCUT2D eigenvalue weighted by Gasteiger charge is -2.06. The molecule has 0 unspecified atom stereocenters. The molecule has 76 valence electrons. The summed E-state index contributed by atoms with van der Waals surface area (Å²) in [6.45, 7) is 0. The van der Waals surface area contributed by atoms with E-state index in [2.05, 4.69) is 10.3 Å². The predicted octanol–water partition coefficient (Wildman–Crippen LogP) is 1.52. The minimum Gasteiger partial charge on any atom is -0.630 e. The van der Waals surface area contributed by atoms with Crippen LogP contribution in [0, 0.1) is 5.21 Å². The first kappa shape index (κ1) is 9.64. The summed E-state index contributed by atoms with van der Waals surface area (Å²) in [4.78, 5) is 4.11. The summed E-state index contributed by atoms with van der Waals surface area (Å²) in [7, 11) is 0. The van der Waals surface area contributed by atoms with Crippen molar-refractivity contribution in [2.24, 2.45) is 0 Å². The molecule has 0 aliphatic heterocycles. The van der Waals surface area contributed by atoms with Crippen LogP contribution in [0.1, 0.15) is 0 Å². The second kappa shape index (κ2) is 4.54. The molecule has 0 amide bonds. The van der Waals surface area contributed by atoms with Crippen LogP contribution in [0.2, 0.25) is 0 Å². The summed E-state index contributed by atoms with van der Waals surface area (Å²) in [6.07, 6.45) is 1.61. The fourth-order valence-corrected chi connectivity index (χ4v) is 1.26. The molecule has 15 heavy (non-hydrogen) atoms. The number of quaternary nitrogens is 1. The fraction of sp³-hybridized carbons (Fsp3) is 0. The van der Waals surface area contributed by atoms with E-state index in [1.54, 1.807) is 18.3 Å². The van der Waals surface area contributed by atoms with Crippen LogP contribution >= 0.6 is 0 Å². The topological polar surface area (TPSA) is 64.6 Å². The van der Waals surface area contributed by atoms with Gasteiger partial charge in [0.2, 0.25) is 0 Å². The van der Waals surface area contributed by atoms with Crippen molar-refractivity contribution in [2.75, 3.05) is 5.32 Å². The van der Waals surface area contributed by atoms with Gasteiger partial charge in [0.1, 0.15) is 11.5 Å². The van der Waals surface area contributed by atoms with Gasteiger partial charge in [0, 0.05) is 24.0 Å². The number of benzene rings is 1. The third-order valence-corrected chi connectivity index (χ3v) is 1.97. The van der Waals surface area contributed by atoms with Gasteiger partial charge in [0.25, 0.3) is 0 Å². The maximum atomic E-state index is 10.6. The van der Waals surface area contributed by atoms with Gasteiger partial charge in [0.05, 0.1) is 0 Å². The van der Waals surface area contributed by atoms with E-state index in [0.29, 0.717) is 11.5 Å². The van der Waals surface area contributed by atoms with E-state index in [0.717, 1.165) is 11.2 Å². The normalized spacial score (nSPS) is 9.93. The molecule has 0 fully saturated rings. The number of rotatable bonds is 3. The molecule has 0 aliphatic rings. The van der Waals surface area contributed by atoms with Crippen molar-refractivity contribution in [2.45, 2.75) is 0 Å². The van der Waals surface area contributed by atoms with Crippen LogP contribution in [0.25, 0.3) is 0 Å². The maximum absolute atomic E-state index is 10.6. The first-order chi connectivity index (χ1) is 7.38. The number of hydrogen-bond acceptors (Lipinski definition) is 3. The van der Waals surface area contributed by atoms with Crippen LogP contribution in [-0.2, 0) is 0 Å². The SMILES string of the molecule is [O-][NH2+]c1ccnc(Nc2ccccc2)c1. The molecule has 0 atom stereocenters. The van der Waals surface area contributed by atoms with Crippen LogP contribution in [0.3, 0.4) is 0 Å². The van der Waals surface area contributed by atoms with Gasteiger partial charge in [-0.05, 0) is 12.1 Å². The maximum Gasteiger partial charge on any atom is 0.136 e. The molecule has 0 bridgehead atoms. The van der Waals surface area contributed by atoms with E-state index < -0.39 is 0 Å². The van der Waals surface area contributed by atoms with Gasteiger partial charge in [-0.3, -0.25) is 0 Å². The van der Waals surface area contributed by atoms with Gasteiger partial charge >= 0.3 is 0 Å². The first-order valence-electron chi connectivity index (χ1n) is 4.62. The number of hydrogen-bond donors (Lipinski definition) is 2. The van der Waals surface area contributed by atoms with Crippen molar-refractivity contribution in [1.82, 2.24) is 4.98 Å². The Morgan fingerprint density at radius 1 is 1.13 bits per heavy atom. The van der Waals surface area contributed by atoms with Crippen LogP contribution in [0.15, 0.2) is 48.7 Å². The average Bonchev–Trinajstić information content (AvgIpc) is 2.31. The standard InChI is InChI=1S/C11H11N3O/c15-14-10-6-7-12-11(8-10)13-9-4-2-1-3-5-9/h1-8H,14H2,(H,12,13). The molecule has 0 spiro atoms. The zero-order valence-corrected chi connectivity index (χ0v) is 8.05. The summed E-state index contributed by atoms with van der Waals surface area (Å²) < 4.78 is 0. The number of para-hydroxylation sites is 1.